The topological polar surface area (TPSA) is 66.4 Å². The molecule has 0 aromatic heterocycles. The van der Waals surface area contributed by atoms with Gasteiger partial charge < -0.3 is 28.8 Å². The summed E-state index contributed by atoms with van der Waals surface area (Å²) in [4.78, 5) is 0. The van der Waals surface area contributed by atoms with Crippen LogP contribution < -0.4 is 0 Å². The molecule has 0 spiro atoms. The smallest absolute Gasteiger partial charge is 0.186 e. The van der Waals surface area contributed by atoms with E-state index in [1.807, 2.05) is 91.0 Å². The lowest BCUT2D eigenvalue weighted by Gasteiger charge is -2.43. The van der Waals surface area contributed by atoms with E-state index in [2.05, 4.69) is 0 Å². The van der Waals surface area contributed by atoms with E-state index < -0.39 is 37.3 Å². The third-order valence-corrected chi connectivity index (χ3v) is 5.70. The molecular formula is C28H32O6. The van der Waals surface area contributed by atoms with Crippen LogP contribution in [0.5, 0.6) is 0 Å². The van der Waals surface area contributed by atoms with E-state index in [1.165, 1.54) is 7.11 Å². The van der Waals surface area contributed by atoms with Crippen molar-refractivity contribution in [2.45, 2.75) is 50.5 Å². The van der Waals surface area contributed by atoms with Crippen molar-refractivity contribution in [1.82, 2.24) is 0 Å². The number of benzene rings is 3. The SMILES string of the molecule is [2H][C@H](OC[C@H]1O[C@H](OC)[C@H](OCc2ccccc2)[C@@H](OCc2ccccc2)[C@@H]1O)c1ccccc1. The predicted molar refractivity (Wildman–Crippen MR) is 128 cm³/mol. The van der Waals surface area contributed by atoms with E-state index >= 15 is 0 Å². The fourth-order valence-corrected chi connectivity index (χ4v) is 3.89. The Labute approximate surface area is 202 Å². The minimum atomic E-state index is -1.05. The van der Waals surface area contributed by atoms with Gasteiger partial charge in [0.2, 0.25) is 0 Å². The Morgan fingerprint density at radius 2 is 1.26 bits per heavy atom. The third-order valence-electron chi connectivity index (χ3n) is 5.70. The van der Waals surface area contributed by atoms with Crippen LogP contribution >= 0.6 is 0 Å². The van der Waals surface area contributed by atoms with Crippen LogP contribution in [0.1, 0.15) is 18.1 Å². The number of rotatable bonds is 11. The maximum absolute atomic E-state index is 11.2. The van der Waals surface area contributed by atoms with Crippen molar-refractivity contribution in [2.24, 2.45) is 0 Å². The van der Waals surface area contributed by atoms with Crippen LogP contribution in [0.2, 0.25) is 0 Å². The monoisotopic (exact) mass is 465 g/mol. The summed E-state index contributed by atoms with van der Waals surface area (Å²) in [7, 11) is 1.53. The summed E-state index contributed by atoms with van der Waals surface area (Å²) >= 11 is 0. The molecule has 1 heterocycles. The van der Waals surface area contributed by atoms with Gasteiger partial charge in [-0.05, 0) is 16.7 Å². The van der Waals surface area contributed by atoms with Gasteiger partial charge in [0.05, 0.1) is 27.8 Å². The first-order valence-electron chi connectivity index (χ1n) is 12.0. The molecule has 3 aromatic rings. The summed E-state index contributed by atoms with van der Waals surface area (Å²) in [6.45, 7) is -0.288. The van der Waals surface area contributed by atoms with E-state index in [-0.39, 0.29) is 6.61 Å². The molecule has 6 atom stereocenters. The van der Waals surface area contributed by atoms with Crippen LogP contribution in [0, 0.1) is 0 Å². The molecule has 1 N–H and O–H groups in total. The summed E-state index contributed by atoms with van der Waals surface area (Å²) in [6.07, 6.45) is -3.98. The molecule has 1 saturated heterocycles. The van der Waals surface area contributed by atoms with Gasteiger partial charge >= 0.3 is 0 Å². The molecule has 34 heavy (non-hydrogen) atoms. The average molecular weight is 466 g/mol. The number of aliphatic hydroxyl groups excluding tert-OH is 1. The van der Waals surface area contributed by atoms with Crippen LogP contribution in [0.25, 0.3) is 0 Å². The Balaban J connectivity index is 1.47. The number of aliphatic hydroxyl groups is 1. The highest BCUT2D eigenvalue weighted by atomic mass is 16.7. The minimum Gasteiger partial charge on any atom is -0.387 e. The van der Waals surface area contributed by atoms with Crippen molar-refractivity contribution in [1.29, 1.82) is 0 Å². The fourth-order valence-electron chi connectivity index (χ4n) is 3.89. The Bertz CT molecular complexity index is 990. The predicted octanol–water partition coefficient (Wildman–Crippen LogP) is 4.11. The van der Waals surface area contributed by atoms with Gasteiger partial charge in [0.15, 0.2) is 6.29 Å². The molecule has 1 aliphatic heterocycles. The maximum atomic E-state index is 11.2. The van der Waals surface area contributed by atoms with Gasteiger partial charge in [-0.25, -0.2) is 0 Å². The molecule has 180 valence electrons. The van der Waals surface area contributed by atoms with Gasteiger partial charge in [-0.1, -0.05) is 91.0 Å². The van der Waals surface area contributed by atoms with Crippen LogP contribution in [0.3, 0.4) is 0 Å². The molecule has 0 saturated carbocycles. The van der Waals surface area contributed by atoms with Gasteiger partial charge in [0.1, 0.15) is 24.4 Å². The summed E-state index contributed by atoms with van der Waals surface area (Å²) in [5, 5.41) is 11.2. The quantitative estimate of drug-likeness (QED) is 0.460. The molecule has 6 heteroatoms. The minimum absolute atomic E-state index is 0.000684. The first kappa shape index (κ1) is 23.2. The van der Waals surface area contributed by atoms with E-state index in [1.54, 1.807) is 0 Å². The fraction of sp³-hybridized carbons (Fsp3) is 0.357. The summed E-state index contributed by atoms with van der Waals surface area (Å²) in [5.74, 6) is 0. The molecule has 1 fully saturated rings. The highest BCUT2D eigenvalue weighted by molar-refractivity contribution is 5.15. The Morgan fingerprint density at radius 1 is 0.765 bits per heavy atom. The van der Waals surface area contributed by atoms with Gasteiger partial charge in [-0.2, -0.15) is 0 Å². The second-order valence-corrected chi connectivity index (χ2v) is 8.15. The zero-order valence-electron chi connectivity index (χ0n) is 20.2. The van der Waals surface area contributed by atoms with Crippen molar-refractivity contribution in [2.75, 3.05) is 13.7 Å². The summed E-state index contributed by atoms with van der Waals surface area (Å²) in [5.41, 5.74) is 2.69. The molecular weight excluding hydrogens is 432 g/mol. The highest BCUT2D eigenvalue weighted by Crippen LogP contribution is 2.28. The normalized spacial score (nSPS) is 26.1. The Kier molecular flexibility index (Phi) is 8.70. The Hall–Kier alpha value is -2.58. The number of hydrogen-bond donors (Lipinski definition) is 1. The van der Waals surface area contributed by atoms with Crippen LogP contribution in [0.4, 0.5) is 0 Å². The van der Waals surface area contributed by atoms with Gasteiger partial charge in [-0.3, -0.25) is 0 Å². The first-order valence-corrected chi connectivity index (χ1v) is 11.4. The molecule has 0 amide bonds. The van der Waals surface area contributed by atoms with Crippen LogP contribution in [-0.2, 0) is 43.5 Å². The summed E-state index contributed by atoms with van der Waals surface area (Å²) < 4.78 is 38.0. The lowest BCUT2D eigenvalue weighted by atomic mass is 9.98. The van der Waals surface area contributed by atoms with E-state index in [0.717, 1.165) is 16.7 Å². The van der Waals surface area contributed by atoms with E-state index in [0.29, 0.717) is 13.2 Å². The molecule has 3 aromatic carbocycles. The number of hydrogen-bond acceptors (Lipinski definition) is 6. The second kappa shape index (κ2) is 12.8. The average Bonchev–Trinajstić information content (AvgIpc) is 2.92. The van der Waals surface area contributed by atoms with Gasteiger partial charge in [0.25, 0.3) is 0 Å². The summed E-state index contributed by atoms with van der Waals surface area (Å²) in [6, 6.07) is 28.8. The van der Waals surface area contributed by atoms with Crippen LogP contribution in [-0.4, -0.2) is 49.5 Å². The van der Waals surface area contributed by atoms with Crippen molar-refractivity contribution in [3.05, 3.63) is 108 Å². The molecule has 0 aliphatic carbocycles. The van der Waals surface area contributed by atoms with E-state index in [4.69, 9.17) is 25.1 Å². The molecule has 1 aliphatic rings. The second-order valence-electron chi connectivity index (χ2n) is 8.15. The van der Waals surface area contributed by atoms with E-state index in [9.17, 15) is 5.11 Å². The largest absolute Gasteiger partial charge is 0.387 e. The molecule has 6 nitrogen and oxygen atoms in total. The molecule has 0 bridgehead atoms. The zero-order valence-corrected chi connectivity index (χ0v) is 19.2. The van der Waals surface area contributed by atoms with Crippen molar-refractivity contribution in [3.63, 3.8) is 0 Å². The van der Waals surface area contributed by atoms with Crippen LogP contribution in [0.15, 0.2) is 91.0 Å². The lowest BCUT2D eigenvalue weighted by Crippen LogP contribution is -2.60. The van der Waals surface area contributed by atoms with Crippen molar-refractivity contribution < 1.29 is 30.2 Å². The molecule has 0 unspecified atom stereocenters. The van der Waals surface area contributed by atoms with Gasteiger partial charge in [-0.15, -0.1) is 0 Å². The Morgan fingerprint density at radius 3 is 1.79 bits per heavy atom. The zero-order chi connectivity index (χ0) is 24.5. The van der Waals surface area contributed by atoms with Crippen molar-refractivity contribution in [3.8, 4) is 0 Å². The lowest BCUT2D eigenvalue weighted by molar-refractivity contribution is -0.315. The third kappa shape index (κ3) is 6.73. The number of methoxy groups -OCH3 is 1. The maximum Gasteiger partial charge on any atom is 0.186 e. The van der Waals surface area contributed by atoms with Gasteiger partial charge in [0, 0.05) is 7.11 Å². The molecule has 4 rings (SSSR count). The van der Waals surface area contributed by atoms with Crippen molar-refractivity contribution >= 4 is 0 Å². The molecule has 0 radical (unpaired) electrons. The standard InChI is InChI=1S/C28H32O6/c1-30-28-27(33-19-23-15-9-4-10-16-23)26(32-18-22-13-7-3-8-14-22)25(29)24(34-28)20-31-17-21-11-5-2-6-12-21/h2-16,24-29H,17-20H2,1H3/t24-,25-,26+,27-,28+/m1/s1/i17D/t17-,24+,25+,26-,27+,28-/m0. The number of ether oxygens (including phenoxy) is 5. The highest BCUT2D eigenvalue weighted by Gasteiger charge is 2.47. The first-order chi connectivity index (χ1) is 17.2.